The lowest BCUT2D eigenvalue weighted by molar-refractivity contribution is 0.0955. The zero-order valence-electron chi connectivity index (χ0n) is 13.6. The molecule has 26 heavy (non-hydrogen) atoms. The summed E-state index contributed by atoms with van der Waals surface area (Å²) in [4.78, 5) is 12.2. The molecule has 0 aliphatic carbocycles. The van der Waals surface area contributed by atoms with Gasteiger partial charge in [0.15, 0.2) is 11.5 Å². The number of aromatic hydroxyl groups is 1. The standard InChI is InChI=1S/C17H14Br2N2O5/c1-2-24-13-6-15-14(25-8-26-15)5-10(13)7-20-21-17(23)9-3-11(18)16(22)12(19)4-9/h3-7,22H,2,8H2,1H3,(H,21,23)/b20-7+. The third kappa shape index (κ3) is 3.94. The van der Waals surface area contributed by atoms with Crippen molar-refractivity contribution in [3.8, 4) is 23.0 Å². The van der Waals surface area contributed by atoms with E-state index in [1.807, 2.05) is 6.92 Å². The van der Waals surface area contributed by atoms with Crippen LogP contribution in [0.2, 0.25) is 0 Å². The van der Waals surface area contributed by atoms with Crippen molar-refractivity contribution in [2.24, 2.45) is 5.10 Å². The number of phenols is 1. The lowest BCUT2D eigenvalue weighted by Gasteiger charge is -2.08. The Kier molecular flexibility index (Phi) is 5.67. The van der Waals surface area contributed by atoms with Gasteiger partial charge in [-0.1, -0.05) is 0 Å². The van der Waals surface area contributed by atoms with Gasteiger partial charge in [-0.3, -0.25) is 4.79 Å². The van der Waals surface area contributed by atoms with Crippen molar-refractivity contribution in [2.75, 3.05) is 13.4 Å². The smallest absolute Gasteiger partial charge is 0.271 e. The van der Waals surface area contributed by atoms with Gasteiger partial charge in [0.1, 0.15) is 11.5 Å². The molecule has 1 amide bonds. The maximum Gasteiger partial charge on any atom is 0.271 e. The van der Waals surface area contributed by atoms with E-state index in [1.54, 1.807) is 12.1 Å². The van der Waals surface area contributed by atoms with Crippen molar-refractivity contribution < 1.29 is 24.1 Å². The molecule has 0 bridgehead atoms. The molecule has 7 nitrogen and oxygen atoms in total. The second-order valence-electron chi connectivity index (χ2n) is 5.16. The largest absolute Gasteiger partial charge is 0.506 e. The predicted octanol–water partition coefficient (Wildman–Crippen LogP) is 3.81. The summed E-state index contributed by atoms with van der Waals surface area (Å²) in [7, 11) is 0. The molecule has 0 radical (unpaired) electrons. The Labute approximate surface area is 166 Å². The van der Waals surface area contributed by atoms with Crippen LogP contribution in [0.25, 0.3) is 0 Å². The van der Waals surface area contributed by atoms with E-state index in [0.29, 0.717) is 43.9 Å². The molecule has 2 aromatic rings. The highest BCUT2D eigenvalue weighted by Gasteiger charge is 2.17. The molecule has 0 saturated heterocycles. The van der Waals surface area contributed by atoms with Gasteiger partial charge in [0.2, 0.25) is 6.79 Å². The fourth-order valence-corrected chi connectivity index (χ4v) is 3.43. The number of carbonyl (C=O) groups is 1. The zero-order chi connectivity index (χ0) is 18.7. The predicted molar refractivity (Wildman–Crippen MR) is 102 cm³/mol. The maximum absolute atomic E-state index is 12.2. The Balaban J connectivity index is 1.77. The highest BCUT2D eigenvalue weighted by Crippen LogP contribution is 2.37. The molecule has 0 saturated carbocycles. The van der Waals surface area contributed by atoms with Crippen molar-refractivity contribution in [3.05, 3.63) is 44.3 Å². The number of nitrogens with one attached hydrogen (secondary N) is 1. The van der Waals surface area contributed by atoms with Crippen LogP contribution in [0.5, 0.6) is 23.0 Å². The van der Waals surface area contributed by atoms with Gasteiger partial charge in [-0.25, -0.2) is 5.43 Å². The monoisotopic (exact) mass is 484 g/mol. The molecule has 9 heteroatoms. The molecule has 1 heterocycles. The Bertz CT molecular complexity index is 863. The van der Waals surface area contributed by atoms with E-state index in [1.165, 1.54) is 18.3 Å². The zero-order valence-corrected chi connectivity index (χ0v) is 16.8. The van der Waals surface area contributed by atoms with E-state index in [2.05, 4.69) is 42.4 Å². The first-order valence-electron chi connectivity index (χ1n) is 7.57. The Morgan fingerprint density at radius 3 is 2.58 bits per heavy atom. The molecule has 0 spiro atoms. The lowest BCUT2D eigenvalue weighted by Crippen LogP contribution is -2.17. The van der Waals surface area contributed by atoms with E-state index < -0.39 is 5.91 Å². The normalized spacial score (nSPS) is 12.4. The average Bonchev–Trinajstić information content (AvgIpc) is 3.06. The van der Waals surface area contributed by atoms with Gasteiger partial charge in [0.25, 0.3) is 5.91 Å². The molecule has 0 unspecified atom stereocenters. The van der Waals surface area contributed by atoms with Crippen LogP contribution in [0.4, 0.5) is 0 Å². The quantitative estimate of drug-likeness (QED) is 0.496. The molecule has 2 N–H and O–H groups in total. The van der Waals surface area contributed by atoms with Crippen molar-refractivity contribution in [1.29, 1.82) is 0 Å². The SMILES string of the molecule is CCOc1cc2c(cc1/C=N/NC(=O)c1cc(Br)c(O)c(Br)c1)OCO2. The molecule has 0 aromatic heterocycles. The van der Waals surface area contributed by atoms with E-state index >= 15 is 0 Å². The minimum absolute atomic E-state index is 0.0202. The molecule has 3 rings (SSSR count). The molecule has 1 aliphatic heterocycles. The molecule has 0 fully saturated rings. The number of phenolic OH excluding ortho intramolecular Hbond substituents is 1. The summed E-state index contributed by atoms with van der Waals surface area (Å²) in [6, 6.07) is 6.45. The second-order valence-corrected chi connectivity index (χ2v) is 6.87. The van der Waals surface area contributed by atoms with Crippen molar-refractivity contribution in [3.63, 3.8) is 0 Å². The van der Waals surface area contributed by atoms with Gasteiger partial charge in [0.05, 0.1) is 21.8 Å². The summed E-state index contributed by atoms with van der Waals surface area (Å²) in [5, 5.41) is 13.7. The van der Waals surface area contributed by atoms with Crippen LogP contribution in [-0.2, 0) is 0 Å². The van der Waals surface area contributed by atoms with Gasteiger partial charge >= 0.3 is 0 Å². The van der Waals surface area contributed by atoms with E-state index in [4.69, 9.17) is 14.2 Å². The topological polar surface area (TPSA) is 89.4 Å². The van der Waals surface area contributed by atoms with Crippen LogP contribution >= 0.6 is 31.9 Å². The van der Waals surface area contributed by atoms with Gasteiger partial charge < -0.3 is 19.3 Å². The minimum Gasteiger partial charge on any atom is -0.506 e. The lowest BCUT2D eigenvalue weighted by atomic mass is 10.2. The number of hydrogen-bond donors (Lipinski definition) is 2. The first kappa shape index (κ1) is 18.5. The van der Waals surface area contributed by atoms with E-state index in [9.17, 15) is 9.90 Å². The van der Waals surface area contributed by atoms with Crippen molar-refractivity contribution in [1.82, 2.24) is 5.43 Å². The van der Waals surface area contributed by atoms with Crippen LogP contribution in [0.1, 0.15) is 22.8 Å². The summed E-state index contributed by atoms with van der Waals surface area (Å²) in [5.41, 5.74) is 3.41. The molecule has 2 aromatic carbocycles. The maximum atomic E-state index is 12.2. The molecular weight excluding hydrogens is 472 g/mol. The van der Waals surface area contributed by atoms with Crippen LogP contribution in [0.15, 0.2) is 38.3 Å². The first-order valence-corrected chi connectivity index (χ1v) is 9.16. The number of hydrazone groups is 1. The number of fused-ring (bicyclic) bond motifs is 1. The first-order chi connectivity index (χ1) is 12.5. The number of amides is 1. The van der Waals surface area contributed by atoms with Gasteiger partial charge in [-0.2, -0.15) is 5.10 Å². The molecule has 136 valence electrons. The number of nitrogens with zero attached hydrogens (tertiary/aromatic N) is 1. The Hall–Kier alpha value is -2.26. The number of ether oxygens (including phenoxy) is 3. The Morgan fingerprint density at radius 2 is 1.92 bits per heavy atom. The number of halogens is 2. The number of benzene rings is 2. The molecular formula is C17H14Br2N2O5. The van der Waals surface area contributed by atoms with E-state index in [-0.39, 0.29) is 12.5 Å². The summed E-state index contributed by atoms with van der Waals surface area (Å²) in [6.07, 6.45) is 1.47. The fraction of sp³-hybridized carbons (Fsp3) is 0.176. The van der Waals surface area contributed by atoms with Gasteiger partial charge in [-0.15, -0.1) is 0 Å². The van der Waals surface area contributed by atoms with Crippen LogP contribution in [0, 0.1) is 0 Å². The number of rotatable bonds is 5. The third-order valence-corrected chi connectivity index (χ3v) is 4.66. The number of hydrogen-bond acceptors (Lipinski definition) is 6. The van der Waals surface area contributed by atoms with E-state index in [0.717, 1.165) is 0 Å². The summed E-state index contributed by atoms with van der Waals surface area (Å²) < 4.78 is 17.0. The molecule has 0 atom stereocenters. The highest BCUT2D eigenvalue weighted by molar-refractivity contribution is 9.11. The third-order valence-electron chi connectivity index (χ3n) is 3.45. The second kappa shape index (κ2) is 7.96. The number of carbonyl (C=O) groups excluding carboxylic acids is 1. The average molecular weight is 486 g/mol. The summed E-state index contributed by atoms with van der Waals surface area (Å²) in [5.74, 6) is 1.36. The van der Waals surface area contributed by atoms with Gasteiger partial charge in [0, 0.05) is 17.2 Å². The van der Waals surface area contributed by atoms with Crippen molar-refractivity contribution >= 4 is 44.0 Å². The van der Waals surface area contributed by atoms with Crippen LogP contribution in [-0.4, -0.2) is 30.6 Å². The van der Waals surface area contributed by atoms with Crippen molar-refractivity contribution in [2.45, 2.75) is 6.92 Å². The minimum atomic E-state index is -0.429. The highest BCUT2D eigenvalue weighted by atomic mass is 79.9. The fourth-order valence-electron chi connectivity index (χ4n) is 2.24. The summed E-state index contributed by atoms with van der Waals surface area (Å²) >= 11 is 6.37. The van der Waals surface area contributed by atoms with Gasteiger partial charge in [-0.05, 0) is 57.0 Å². The van der Waals surface area contributed by atoms with Crippen LogP contribution < -0.4 is 19.6 Å². The Morgan fingerprint density at radius 1 is 1.27 bits per heavy atom. The summed E-state index contributed by atoms with van der Waals surface area (Å²) in [6.45, 7) is 2.50. The van der Waals surface area contributed by atoms with Crippen LogP contribution in [0.3, 0.4) is 0 Å². The molecule has 1 aliphatic rings.